The molecule has 0 saturated carbocycles. The summed E-state index contributed by atoms with van der Waals surface area (Å²) >= 11 is 3.66. The fourth-order valence-corrected chi connectivity index (χ4v) is 2.89. The van der Waals surface area contributed by atoms with Crippen LogP contribution in [0.2, 0.25) is 0 Å². The molecule has 3 N–H and O–H groups in total. The molecular weight excluding hydrogens is 383 g/mol. The van der Waals surface area contributed by atoms with Crippen LogP contribution >= 0.6 is 12.6 Å². The smallest absolute Gasteiger partial charge is 0.390 e. The molecule has 10 heteroatoms. The lowest BCUT2D eigenvalue weighted by molar-refractivity contribution is -0.119. The Morgan fingerprint density at radius 1 is 1.48 bits per heavy atom. The maximum atomic E-state index is 12.4. The third-order valence-corrected chi connectivity index (χ3v) is 4.35. The fourth-order valence-electron chi connectivity index (χ4n) is 2.78. The van der Waals surface area contributed by atoms with Crippen LogP contribution in [0.5, 0.6) is 0 Å². The summed E-state index contributed by atoms with van der Waals surface area (Å²) in [6.45, 7) is 7.21. The number of ether oxygens (including phenoxy) is 1. The van der Waals surface area contributed by atoms with Gasteiger partial charge in [0.1, 0.15) is 0 Å². The number of nitrogens with one attached hydrogen (secondary N) is 2. The molecule has 0 spiro atoms. The van der Waals surface area contributed by atoms with Gasteiger partial charge in [0.2, 0.25) is 0 Å². The number of thiol groups is 1. The molecule has 0 bridgehead atoms. The van der Waals surface area contributed by atoms with Gasteiger partial charge in [-0.25, -0.2) is 0 Å². The quantitative estimate of drug-likeness (QED) is 0.345. The van der Waals surface area contributed by atoms with E-state index < -0.39 is 24.0 Å². The minimum absolute atomic E-state index is 0.0806. The minimum atomic E-state index is -4.51. The van der Waals surface area contributed by atoms with E-state index in [9.17, 15) is 23.1 Å². The summed E-state index contributed by atoms with van der Waals surface area (Å²) in [5, 5.41) is 16.2. The number of hydrogen-bond donors (Lipinski definition) is 4. The molecule has 0 aliphatic carbocycles. The van der Waals surface area contributed by atoms with Crippen molar-refractivity contribution in [2.24, 2.45) is 10.9 Å². The van der Waals surface area contributed by atoms with Crippen molar-refractivity contribution >= 4 is 24.0 Å². The normalized spacial score (nSPS) is 27.0. The predicted molar refractivity (Wildman–Crippen MR) is 101 cm³/mol. The van der Waals surface area contributed by atoms with Crippen molar-refractivity contribution in [1.82, 2.24) is 10.6 Å². The minimum Gasteiger partial charge on any atom is -0.390 e. The summed E-state index contributed by atoms with van der Waals surface area (Å²) in [4.78, 5) is 14.5. The van der Waals surface area contributed by atoms with Gasteiger partial charge in [0.15, 0.2) is 5.12 Å². The number of aliphatic hydroxyl groups excluding tert-OH is 1. The first-order chi connectivity index (χ1) is 12.6. The number of aliphatic hydroxyl groups is 1. The van der Waals surface area contributed by atoms with E-state index in [1.54, 1.807) is 6.92 Å². The van der Waals surface area contributed by atoms with Crippen molar-refractivity contribution in [3.63, 3.8) is 0 Å². The third-order valence-electron chi connectivity index (χ3n) is 4.20. The molecule has 1 aliphatic rings. The van der Waals surface area contributed by atoms with Gasteiger partial charge in [-0.15, -0.1) is 12.6 Å². The van der Waals surface area contributed by atoms with Crippen LogP contribution in [0.3, 0.4) is 0 Å². The number of carbonyl (C=O) groups is 1. The molecule has 1 fully saturated rings. The van der Waals surface area contributed by atoms with Crippen LogP contribution in [0.4, 0.5) is 13.2 Å². The molecule has 27 heavy (non-hydrogen) atoms. The van der Waals surface area contributed by atoms with E-state index in [1.165, 1.54) is 6.20 Å². The van der Waals surface area contributed by atoms with Crippen LogP contribution in [0.1, 0.15) is 20.3 Å². The summed E-state index contributed by atoms with van der Waals surface area (Å²) in [6, 6.07) is -0.218. The van der Waals surface area contributed by atoms with Crippen LogP contribution < -0.4 is 10.6 Å². The van der Waals surface area contributed by atoms with Gasteiger partial charge in [-0.1, -0.05) is 13.5 Å². The maximum absolute atomic E-state index is 12.4. The summed E-state index contributed by atoms with van der Waals surface area (Å²) in [6.07, 6.45) is -3.14. The van der Waals surface area contributed by atoms with E-state index in [0.717, 1.165) is 0 Å². The molecule has 0 amide bonds. The molecule has 0 radical (unpaired) electrons. The zero-order valence-corrected chi connectivity index (χ0v) is 16.2. The highest BCUT2D eigenvalue weighted by Gasteiger charge is 2.38. The fraction of sp³-hybridized carbons (Fsp3) is 0.647. The Kier molecular flexibility index (Phi) is 9.51. The van der Waals surface area contributed by atoms with Crippen LogP contribution in [0, 0.1) is 5.92 Å². The summed E-state index contributed by atoms with van der Waals surface area (Å²) < 4.78 is 42.7. The number of rotatable bonds is 9. The zero-order valence-electron chi connectivity index (χ0n) is 15.3. The summed E-state index contributed by atoms with van der Waals surface area (Å²) in [5.41, 5.74) is -0.498. The van der Waals surface area contributed by atoms with E-state index in [0.29, 0.717) is 31.5 Å². The molecule has 0 unspecified atom stereocenters. The number of alkyl halides is 3. The number of carbonyl (C=O) groups excluding carboxylic acids is 1. The van der Waals surface area contributed by atoms with Crippen LogP contribution in [0.25, 0.3) is 0 Å². The number of aliphatic imine (C=N–C) groups is 1. The highest BCUT2D eigenvalue weighted by molar-refractivity contribution is 7.96. The molecule has 0 aromatic rings. The van der Waals surface area contributed by atoms with Crippen molar-refractivity contribution in [2.45, 2.75) is 44.7 Å². The van der Waals surface area contributed by atoms with Crippen LogP contribution in [-0.2, 0) is 9.53 Å². The van der Waals surface area contributed by atoms with Gasteiger partial charge in [0.25, 0.3) is 0 Å². The first-order valence-electron chi connectivity index (χ1n) is 8.51. The Morgan fingerprint density at radius 2 is 2.15 bits per heavy atom. The molecule has 1 heterocycles. The van der Waals surface area contributed by atoms with Crippen LogP contribution in [0.15, 0.2) is 29.0 Å². The van der Waals surface area contributed by atoms with Crippen molar-refractivity contribution in [3.05, 3.63) is 24.0 Å². The molecule has 1 aliphatic heterocycles. The first kappa shape index (κ1) is 23.7. The molecule has 6 nitrogen and oxygen atoms in total. The first-order valence-corrected chi connectivity index (χ1v) is 8.95. The molecule has 4 atom stereocenters. The average Bonchev–Trinajstić information content (AvgIpc) is 2.56. The Labute approximate surface area is 162 Å². The SMILES string of the molecule is C=C(C=N/C=C(\C)N[C@H]1CO[C@H](CNCC(=O)S)[C@H](O)[C@@H]1CC)C(F)(F)F. The second kappa shape index (κ2) is 10.8. The van der Waals surface area contributed by atoms with Crippen LogP contribution in [-0.4, -0.2) is 60.6 Å². The van der Waals surface area contributed by atoms with E-state index in [2.05, 4.69) is 34.8 Å². The summed E-state index contributed by atoms with van der Waals surface area (Å²) in [5.74, 6) is -0.130. The lowest BCUT2D eigenvalue weighted by Crippen LogP contribution is -2.56. The second-order valence-electron chi connectivity index (χ2n) is 6.32. The average molecular weight is 409 g/mol. The molecule has 154 valence electrons. The van der Waals surface area contributed by atoms with Gasteiger partial charge in [-0.2, -0.15) is 13.2 Å². The van der Waals surface area contributed by atoms with Crippen molar-refractivity contribution in [1.29, 1.82) is 0 Å². The zero-order chi connectivity index (χ0) is 20.6. The third kappa shape index (κ3) is 8.04. The van der Waals surface area contributed by atoms with Crippen molar-refractivity contribution in [2.75, 3.05) is 19.7 Å². The second-order valence-corrected chi connectivity index (χ2v) is 6.82. The molecule has 1 saturated heterocycles. The number of hydrogen-bond acceptors (Lipinski definition) is 6. The van der Waals surface area contributed by atoms with Gasteiger partial charge >= 0.3 is 6.18 Å². The van der Waals surface area contributed by atoms with Gasteiger partial charge in [0, 0.05) is 30.6 Å². The van der Waals surface area contributed by atoms with Gasteiger partial charge < -0.3 is 20.5 Å². The Bertz CT molecular complexity index is 582. The van der Waals surface area contributed by atoms with E-state index in [-0.39, 0.29) is 23.6 Å². The molecule has 0 aromatic carbocycles. The Morgan fingerprint density at radius 3 is 2.70 bits per heavy atom. The lowest BCUT2D eigenvalue weighted by atomic mass is 9.85. The summed E-state index contributed by atoms with van der Waals surface area (Å²) in [7, 11) is 0. The van der Waals surface area contributed by atoms with Gasteiger partial charge in [0.05, 0.1) is 37.0 Å². The van der Waals surface area contributed by atoms with Crippen molar-refractivity contribution in [3.8, 4) is 0 Å². The monoisotopic (exact) mass is 409 g/mol. The number of nitrogens with zero attached hydrogens (tertiary/aromatic N) is 1. The lowest BCUT2D eigenvalue weighted by Gasteiger charge is -2.41. The van der Waals surface area contributed by atoms with Gasteiger partial charge in [-0.3, -0.25) is 9.79 Å². The largest absolute Gasteiger partial charge is 0.417 e. The Balaban J connectivity index is 2.62. The number of allylic oxidation sites excluding steroid dienone is 2. The van der Waals surface area contributed by atoms with E-state index >= 15 is 0 Å². The van der Waals surface area contributed by atoms with Crippen molar-refractivity contribution < 1.29 is 27.8 Å². The predicted octanol–water partition coefficient (Wildman–Crippen LogP) is 1.83. The molecular formula is C17H26F3N3O3S. The Hall–Kier alpha value is -1.36. The highest BCUT2D eigenvalue weighted by atomic mass is 32.1. The number of halogens is 3. The molecule has 0 aromatic heterocycles. The van der Waals surface area contributed by atoms with Gasteiger partial charge in [-0.05, 0) is 13.3 Å². The highest BCUT2D eigenvalue weighted by Crippen LogP contribution is 2.25. The standard InChI is InChI=1S/C17H26F3N3O3S/c1-4-12-13(9-26-14(16(12)25)7-22-8-15(24)27)23-11(3)6-21-5-10(2)17(18,19)20/h5-6,12-14,16,22-23,25H,2,4,7-9H2,1,3H3,(H,24,27)/b11-6+,21-5?/t12-,13+,14-,16-/m1/s1. The topological polar surface area (TPSA) is 83.0 Å². The molecule has 1 rings (SSSR count). The van der Waals surface area contributed by atoms with E-state index in [4.69, 9.17) is 4.74 Å². The maximum Gasteiger partial charge on any atom is 0.417 e. The van der Waals surface area contributed by atoms with E-state index in [1.807, 2.05) is 6.92 Å².